The molecule has 0 spiro atoms. The van der Waals surface area contributed by atoms with Crippen LogP contribution in [-0.2, 0) is 0 Å². The molecule has 152 valence electrons. The minimum absolute atomic E-state index is 0.0273. The number of hydrogen-bond acceptors (Lipinski definition) is 4. The topological polar surface area (TPSA) is 70.7 Å². The van der Waals surface area contributed by atoms with E-state index in [0.717, 1.165) is 25.9 Å². The summed E-state index contributed by atoms with van der Waals surface area (Å²) in [5, 5.41) is 5.78. The van der Waals surface area contributed by atoms with Gasteiger partial charge in [0.15, 0.2) is 5.11 Å². The van der Waals surface area contributed by atoms with Gasteiger partial charge in [0.1, 0.15) is 5.75 Å². The Hall–Kier alpha value is -2.93. The van der Waals surface area contributed by atoms with Gasteiger partial charge in [-0.05, 0) is 55.4 Å². The number of rotatable bonds is 4. The summed E-state index contributed by atoms with van der Waals surface area (Å²) in [6.07, 6.45) is 4.43. The molecule has 7 heteroatoms. The Morgan fingerprint density at radius 3 is 2.45 bits per heavy atom. The number of likely N-dealkylation sites (tertiary alicyclic amines) is 1. The van der Waals surface area contributed by atoms with Crippen molar-refractivity contribution in [1.82, 2.24) is 10.2 Å². The molecule has 0 radical (unpaired) electrons. The molecule has 29 heavy (non-hydrogen) atoms. The Bertz CT molecular complexity index is 892. The average Bonchev–Trinajstić information content (AvgIpc) is 3.02. The van der Waals surface area contributed by atoms with E-state index >= 15 is 0 Å². The average molecular weight is 412 g/mol. The molecule has 1 aliphatic heterocycles. The smallest absolute Gasteiger partial charge is 0.261 e. The fraction of sp³-hybridized carbons (Fsp3) is 0.318. The van der Waals surface area contributed by atoms with E-state index in [1.54, 1.807) is 48.5 Å². The lowest BCUT2D eigenvalue weighted by molar-refractivity contribution is 0.0761. The third kappa shape index (κ3) is 5.54. The Balaban J connectivity index is 1.64. The number of thiocarbonyl (C=S) groups is 1. The quantitative estimate of drug-likeness (QED) is 0.748. The number of carbonyl (C=O) groups excluding carboxylic acids is 2. The van der Waals surface area contributed by atoms with Gasteiger partial charge in [-0.3, -0.25) is 14.9 Å². The van der Waals surface area contributed by atoms with Crippen LogP contribution in [0, 0.1) is 0 Å². The zero-order valence-electron chi connectivity index (χ0n) is 16.4. The maximum atomic E-state index is 12.8. The normalized spacial score (nSPS) is 13.9. The molecule has 0 aromatic heterocycles. The zero-order chi connectivity index (χ0) is 20.6. The van der Waals surface area contributed by atoms with Gasteiger partial charge in [-0.2, -0.15) is 0 Å². The molecule has 0 bridgehead atoms. The van der Waals surface area contributed by atoms with Crippen molar-refractivity contribution in [3.63, 3.8) is 0 Å². The van der Waals surface area contributed by atoms with Gasteiger partial charge in [0, 0.05) is 24.3 Å². The van der Waals surface area contributed by atoms with E-state index in [9.17, 15) is 9.59 Å². The van der Waals surface area contributed by atoms with E-state index in [-0.39, 0.29) is 16.9 Å². The molecule has 2 aromatic carbocycles. The Labute approximate surface area is 176 Å². The molecule has 0 atom stereocenters. The summed E-state index contributed by atoms with van der Waals surface area (Å²) in [5.41, 5.74) is 1.65. The Morgan fingerprint density at radius 1 is 1.00 bits per heavy atom. The zero-order valence-corrected chi connectivity index (χ0v) is 17.3. The molecule has 0 aliphatic carbocycles. The number of nitrogens with one attached hydrogen (secondary N) is 2. The number of benzene rings is 2. The Kier molecular flexibility index (Phi) is 7.19. The summed E-state index contributed by atoms with van der Waals surface area (Å²) in [6, 6.07) is 14.1. The molecule has 0 unspecified atom stereocenters. The lowest BCUT2D eigenvalue weighted by Gasteiger charge is -2.20. The van der Waals surface area contributed by atoms with Gasteiger partial charge in [0.25, 0.3) is 11.8 Å². The van der Waals surface area contributed by atoms with Crippen LogP contribution >= 0.6 is 12.2 Å². The first kappa shape index (κ1) is 20.8. The van der Waals surface area contributed by atoms with E-state index in [0.29, 0.717) is 22.6 Å². The molecule has 1 heterocycles. The molecule has 1 saturated heterocycles. The van der Waals surface area contributed by atoms with Crippen molar-refractivity contribution in [2.75, 3.05) is 25.5 Å². The van der Waals surface area contributed by atoms with Crippen LogP contribution in [0.5, 0.6) is 5.75 Å². The standard InChI is InChI=1S/C22H25N3O3S/c1-28-19-12-5-4-11-18(19)20(26)24-22(29)23-17-10-8-9-16(15-17)21(27)25-13-6-2-3-7-14-25/h4-5,8-12,15H,2-3,6-7,13-14H2,1H3,(H2,23,24,26,29). The monoisotopic (exact) mass is 411 g/mol. The van der Waals surface area contributed by atoms with Crippen LogP contribution in [0.3, 0.4) is 0 Å². The highest BCUT2D eigenvalue weighted by atomic mass is 32.1. The number of carbonyl (C=O) groups is 2. The van der Waals surface area contributed by atoms with Gasteiger partial charge < -0.3 is 15.0 Å². The first-order chi connectivity index (χ1) is 14.1. The largest absolute Gasteiger partial charge is 0.496 e. The lowest BCUT2D eigenvalue weighted by atomic mass is 10.1. The van der Waals surface area contributed by atoms with Gasteiger partial charge in [0.05, 0.1) is 12.7 Å². The summed E-state index contributed by atoms with van der Waals surface area (Å²) in [4.78, 5) is 27.2. The highest BCUT2D eigenvalue weighted by Crippen LogP contribution is 2.18. The van der Waals surface area contributed by atoms with Crippen LogP contribution in [-0.4, -0.2) is 42.0 Å². The van der Waals surface area contributed by atoms with Crippen LogP contribution < -0.4 is 15.4 Å². The number of ether oxygens (including phenoxy) is 1. The maximum absolute atomic E-state index is 12.8. The van der Waals surface area contributed by atoms with Crippen molar-refractivity contribution in [2.24, 2.45) is 0 Å². The second-order valence-electron chi connectivity index (χ2n) is 6.90. The third-order valence-corrected chi connectivity index (χ3v) is 5.04. The molecule has 2 aromatic rings. The molecule has 3 rings (SSSR count). The minimum atomic E-state index is -0.364. The number of para-hydroxylation sites is 1. The van der Waals surface area contributed by atoms with Crippen LogP contribution in [0.4, 0.5) is 5.69 Å². The van der Waals surface area contributed by atoms with E-state index in [4.69, 9.17) is 17.0 Å². The number of hydrogen-bond donors (Lipinski definition) is 2. The number of amides is 2. The van der Waals surface area contributed by atoms with Crippen molar-refractivity contribution < 1.29 is 14.3 Å². The molecular formula is C22H25N3O3S. The van der Waals surface area contributed by atoms with Gasteiger partial charge in [0.2, 0.25) is 0 Å². The molecule has 1 aliphatic rings. The number of anilines is 1. The molecule has 2 amide bonds. The molecule has 6 nitrogen and oxygen atoms in total. The molecule has 2 N–H and O–H groups in total. The van der Waals surface area contributed by atoms with Gasteiger partial charge >= 0.3 is 0 Å². The highest BCUT2D eigenvalue weighted by Gasteiger charge is 2.18. The molecule has 0 saturated carbocycles. The highest BCUT2D eigenvalue weighted by molar-refractivity contribution is 7.80. The first-order valence-corrected chi connectivity index (χ1v) is 10.1. The van der Waals surface area contributed by atoms with Crippen molar-refractivity contribution >= 4 is 34.8 Å². The van der Waals surface area contributed by atoms with E-state index in [2.05, 4.69) is 10.6 Å². The van der Waals surface area contributed by atoms with E-state index in [1.165, 1.54) is 20.0 Å². The summed E-state index contributed by atoms with van der Waals surface area (Å²) in [7, 11) is 1.51. The summed E-state index contributed by atoms with van der Waals surface area (Å²) in [6.45, 7) is 1.59. The first-order valence-electron chi connectivity index (χ1n) is 9.73. The number of nitrogens with zero attached hydrogens (tertiary/aromatic N) is 1. The predicted molar refractivity (Wildman–Crippen MR) is 117 cm³/mol. The fourth-order valence-electron chi connectivity index (χ4n) is 3.35. The summed E-state index contributed by atoms with van der Waals surface area (Å²) >= 11 is 5.26. The van der Waals surface area contributed by atoms with Crippen molar-refractivity contribution in [3.05, 3.63) is 59.7 Å². The Morgan fingerprint density at radius 2 is 1.72 bits per heavy atom. The summed E-state index contributed by atoms with van der Waals surface area (Å²) < 4.78 is 5.21. The van der Waals surface area contributed by atoms with E-state index < -0.39 is 0 Å². The molecule has 1 fully saturated rings. The second-order valence-corrected chi connectivity index (χ2v) is 7.30. The summed E-state index contributed by atoms with van der Waals surface area (Å²) in [5.74, 6) is 0.133. The SMILES string of the molecule is COc1ccccc1C(=O)NC(=S)Nc1cccc(C(=O)N2CCCCCC2)c1. The van der Waals surface area contributed by atoms with Crippen LogP contribution in [0.1, 0.15) is 46.4 Å². The number of methoxy groups -OCH3 is 1. The second kappa shape index (κ2) is 10.0. The minimum Gasteiger partial charge on any atom is -0.496 e. The fourth-order valence-corrected chi connectivity index (χ4v) is 3.56. The van der Waals surface area contributed by atoms with Crippen LogP contribution in [0.25, 0.3) is 0 Å². The van der Waals surface area contributed by atoms with Crippen molar-refractivity contribution in [3.8, 4) is 5.75 Å². The van der Waals surface area contributed by atoms with Crippen LogP contribution in [0.15, 0.2) is 48.5 Å². The molecular weight excluding hydrogens is 386 g/mol. The predicted octanol–water partition coefficient (Wildman–Crippen LogP) is 3.84. The van der Waals surface area contributed by atoms with Crippen LogP contribution in [0.2, 0.25) is 0 Å². The third-order valence-electron chi connectivity index (χ3n) is 4.84. The lowest BCUT2D eigenvalue weighted by Crippen LogP contribution is -2.34. The van der Waals surface area contributed by atoms with Gasteiger partial charge in [-0.25, -0.2) is 0 Å². The maximum Gasteiger partial charge on any atom is 0.261 e. The van der Waals surface area contributed by atoms with Gasteiger partial charge in [-0.1, -0.05) is 31.0 Å². The van der Waals surface area contributed by atoms with Gasteiger partial charge in [-0.15, -0.1) is 0 Å². The van der Waals surface area contributed by atoms with E-state index in [1.807, 2.05) is 4.90 Å². The van der Waals surface area contributed by atoms with Crippen molar-refractivity contribution in [1.29, 1.82) is 0 Å². The van der Waals surface area contributed by atoms with Crippen molar-refractivity contribution in [2.45, 2.75) is 25.7 Å².